The number of nitrogens with one attached hydrogen (secondary N) is 1. The smallest absolute Gasteiger partial charge is 0.0571 e. The first-order chi connectivity index (χ1) is 13.2. The van der Waals surface area contributed by atoms with Gasteiger partial charge in [0.05, 0.1) is 6.20 Å². The van der Waals surface area contributed by atoms with Gasteiger partial charge in [-0.25, -0.2) is 0 Å². The van der Waals surface area contributed by atoms with Crippen molar-refractivity contribution in [2.24, 2.45) is 23.2 Å². The lowest BCUT2D eigenvalue weighted by molar-refractivity contribution is -0.0638. The van der Waals surface area contributed by atoms with E-state index in [9.17, 15) is 0 Å². The molecule has 1 aromatic heterocycles. The molecule has 5 aliphatic rings. The molecule has 142 valence electrons. The molecule has 0 atom stereocenters. The highest BCUT2D eigenvalue weighted by molar-refractivity contribution is 5.70. The average molecular weight is 362 g/mol. The van der Waals surface area contributed by atoms with Gasteiger partial charge in [-0.3, -0.25) is 4.68 Å². The third kappa shape index (κ3) is 2.65. The van der Waals surface area contributed by atoms with E-state index in [1.165, 1.54) is 79.4 Å². The summed E-state index contributed by atoms with van der Waals surface area (Å²) in [5, 5.41) is 8.41. The van der Waals surface area contributed by atoms with Crippen molar-refractivity contribution in [2.45, 2.75) is 64.8 Å². The zero-order valence-corrected chi connectivity index (χ0v) is 16.5. The average Bonchev–Trinajstić information content (AvgIpc) is 3.00. The van der Waals surface area contributed by atoms with Crippen LogP contribution in [0.5, 0.6) is 0 Å². The Balaban J connectivity index is 1.29. The molecule has 7 rings (SSSR count). The number of aryl methyl sites for hydroxylation is 1. The highest BCUT2D eigenvalue weighted by Crippen LogP contribution is 2.60. The number of aromatic nitrogens is 2. The predicted molar refractivity (Wildman–Crippen MR) is 110 cm³/mol. The van der Waals surface area contributed by atoms with Gasteiger partial charge < -0.3 is 5.32 Å². The molecule has 3 heteroatoms. The Bertz CT molecular complexity index is 842. The summed E-state index contributed by atoms with van der Waals surface area (Å²) < 4.78 is 2.35. The number of fused-ring (bicyclic) bond motifs is 1. The van der Waals surface area contributed by atoms with E-state index in [1.54, 1.807) is 0 Å². The Morgan fingerprint density at radius 2 is 1.85 bits per heavy atom. The molecule has 4 fully saturated rings. The molecule has 27 heavy (non-hydrogen) atoms. The molecule has 0 saturated heterocycles. The highest BCUT2D eigenvalue weighted by Gasteiger charge is 2.51. The first kappa shape index (κ1) is 16.2. The molecule has 2 heterocycles. The van der Waals surface area contributed by atoms with Gasteiger partial charge in [-0.1, -0.05) is 6.07 Å². The van der Waals surface area contributed by atoms with Crippen LogP contribution in [0, 0.1) is 30.1 Å². The van der Waals surface area contributed by atoms with Crippen LogP contribution in [0.1, 0.15) is 56.2 Å². The zero-order valence-electron chi connectivity index (χ0n) is 16.5. The second-order valence-corrected chi connectivity index (χ2v) is 10.1. The fourth-order valence-corrected chi connectivity index (χ4v) is 7.33. The van der Waals surface area contributed by atoms with Crippen molar-refractivity contribution in [3.05, 3.63) is 35.7 Å². The third-order valence-electron chi connectivity index (χ3n) is 8.11. The summed E-state index contributed by atoms with van der Waals surface area (Å²) in [5.41, 5.74) is 7.35. The van der Waals surface area contributed by atoms with E-state index in [-0.39, 0.29) is 0 Å². The van der Waals surface area contributed by atoms with Crippen LogP contribution in [0.2, 0.25) is 0 Å². The molecule has 0 radical (unpaired) electrons. The molecule has 4 aliphatic carbocycles. The molecule has 0 unspecified atom stereocenters. The number of rotatable bonds is 3. The number of benzene rings is 1. The molecule has 0 amide bonds. The topological polar surface area (TPSA) is 29.9 Å². The van der Waals surface area contributed by atoms with Crippen LogP contribution < -0.4 is 5.32 Å². The summed E-state index contributed by atoms with van der Waals surface area (Å²) in [5.74, 6) is 3.04. The van der Waals surface area contributed by atoms with E-state index in [0.29, 0.717) is 5.41 Å². The predicted octanol–water partition coefficient (Wildman–Crippen LogP) is 5.43. The summed E-state index contributed by atoms with van der Waals surface area (Å²) in [6.45, 7) is 4.53. The Morgan fingerprint density at radius 1 is 1.11 bits per heavy atom. The summed E-state index contributed by atoms with van der Waals surface area (Å²) in [6.07, 6.45) is 13.5. The lowest BCUT2D eigenvalue weighted by Crippen LogP contribution is -2.48. The van der Waals surface area contributed by atoms with Gasteiger partial charge in [0.25, 0.3) is 0 Å². The van der Waals surface area contributed by atoms with Crippen molar-refractivity contribution in [2.75, 3.05) is 11.9 Å². The van der Waals surface area contributed by atoms with Crippen LogP contribution in [0.4, 0.5) is 5.69 Å². The van der Waals surface area contributed by atoms with E-state index in [4.69, 9.17) is 5.10 Å². The highest BCUT2D eigenvalue weighted by atomic mass is 15.3. The van der Waals surface area contributed by atoms with Crippen molar-refractivity contribution in [1.82, 2.24) is 9.78 Å². The maximum absolute atomic E-state index is 4.88. The summed E-state index contributed by atoms with van der Waals surface area (Å²) in [6, 6.07) is 6.93. The first-order valence-corrected chi connectivity index (χ1v) is 11.1. The quantitative estimate of drug-likeness (QED) is 0.789. The maximum atomic E-state index is 4.88. The van der Waals surface area contributed by atoms with Gasteiger partial charge in [0, 0.05) is 30.0 Å². The van der Waals surface area contributed by atoms with Gasteiger partial charge in [0.1, 0.15) is 0 Å². The van der Waals surface area contributed by atoms with E-state index in [1.807, 2.05) is 0 Å². The molecule has 2 aromatic rings. The lowest BCUT2D eigenvalue weighted by Gasteiger charge is -2.56. The van der Waals surface area contributed by atoms with Crippen LogP contribution in [0.3, 0.4) is 0 Å². The molecule has 1 N–H and O–H groups in total. The van der Waals surface area contributed by atoms with Gasteiger partial charge in [-0.05, 0) is 105 Å². The van der Waals surface area contributed by atoms with E-state index in [2.05, 4.69) is 41.3 Å². The minimum Gasteiger partial charge on any atom is -0.385 e. The van der Waals surface area contributed by atoms with Crippen molar-refractivity contribution < 1.29 is 0 Å². The summed E-state index contributed by atoms with van der Waals surface area (Å²) in [4.78, 5) is 0. The van der Waals surface area contributed by atoms with E-state index in [0.717, 1.165) is 30.8 Å². The Hall–Kier alpha value is -1.77. The van der Waals surface area contributed by atoms with Crippen LogP contribution in [-0.2, 0) is 13.0 Å². The molecule has 4 bridgehead atoms. The second kappa shape index (κ2) is 5.86. The van der Waals surface area contributed by atoms with Gasteiger partial charge >= 0.3 is 0 Å². The number of hydrogen-bond donors (Lipinski definition) is 1. The maximum Gasteiger partial charge on any atom is 0.0571 e. The van der Waals surface area contributed by atoms with Crippen molar-refractivity contribution in [3.63, 3.8) is 0 Å². The Morgan fingerprint density at radius 3 is 2.59 bits per heavy atom. The van der Waals surface area contributed by atoms with Gasteiger partial charge in [-0.15, -0.1) is 0 Å². The van der Waals surface area contributed by atoms with Crippen molar-refractivity contribution >= 4 is 5.69 Å². The first-order valence-electron chi connectivity index (χ1n) is 11.1. The molecule has 4 saturated carbocycles. The largest absolute Gasteiger partial charge is 0.385 e. The SMILES string of the molecule is Cc1c(-c2ccc3c(c2)CCCN3)cnn1CC12CC3CC(CC(C3)C1)C2. The minimum atomic E-state index is 0.544. The fourth-order valence-electron chi connectivity index (χ4n) is 7.33. The van der Waals surface area contributed by atoms with Crippen LogP contribution >= 0.6 is 0 Å². The van der Waals surface area contributed by atoms with Crippen molar-refractivity contribution in [1.29, 1.82) is 0 Å². The fraction of sp³-hybridized carbons (Fsp3) is 0.625. The summed E-state index contributed by atoms with van der Waals surface area (Å²) >= 11 is 0. The minimum absolute atomic E-state index is 0.544. The molecule has 0 spiro atoms. The van der Waals surface area contributed by atoms with Crippen LogP contribution in [-0.4, -0.2) is 16.3 Å². The van der Waals surface area contributed by atoms with Gasteiger partial charge in [0.15, 0.2) is 0 Å². The third-order valence-corrected chi connectivity index (χ3v) is 8.11. The van der Waals surface area contributed by atoms with Crippen LogP contribution in [0.25, 0.3) is 11.1 Å². The van der Waals surface area contributed by atoms with Gasteiger partial charge in [0.2, 0.25) is 0 Å². The zero-order chi connectivity index (χ0) is 18.0. The molecule has 3 nitrogen and oxygen atoms in total. The lowest BCUT2D eigenvalue weighted by atomic mass is 9.49. The number of anilines is 1. The monoisotopic (exact) mass is 361 g/mol. The Labute approximate surface area is 162 Å². The molecule has 1 aromatic carbocycles. The molecular formula is C24H31N3. The molecular weight excluding hydrogens is 330 g/mol. The van der Waals surface area contributed by atoms with Crippen molar-refractivity contribution in [3.8, 4) is 11.1 Å². The van der Waals surface area contributed by atoms with E-state index >= 15 is 0 Å². The van der Waals surface area contributed by atoms with E-state index < -0.39 is 0 Å². The number of hydrogen-bond acceptors (Lipinski definition) is 2. The number of nitrogens with zero attached hydrogens (tertiary/aromatic N) is 2. The van der Waals surface area contributed by atoms with Crippen LogP contribution in [0.15, 0.2) is 24.4 Å². The normalized spacial score (nSPS) is 33.7. The standard InChI is InChI=1S/C24H31N3/c1-16-22(20-4-5-23-21(10-20)3-2-6-25-23)14-26-27(16)15-24-11-17-7-18(12-24)9-19(8-17)13-24/h4-5,10,14,17-19,25H,2-3,6-9,11-13,15H2,1H3. The Kier molecular flexibility index (Phi) is 3.52. The molecule has 1 aliphatic heterocycles. The summed E-state index contributed by atoms with van der Waals surface area (Å²) in [7, 11) is 0. The second-order valence-electron chi connectivity index (χ2n) is 10.1. The van der Waals surface area contributed by atoms with Gasteiger partial charge in [-0.2, -0.15) is 5.10 Å².